The maximum Gasteiger partial charge on any atom is 0.244 e. The quantitative estimate of drug-likeness (QED) is 0.486. The van der Waals surface area contributed by atoms with Crippen molar-refractivity contribution in [2.24, 2.45) is 0 Å². The highest BCUT2D eigenvalue weighted by atomic mass is 32.2. The van der Waals surface area contributed by atoms with Gasteiger partial charge < -0.3 is 15.0 Å². The zero-order valence-corrected chi connectivity index (χ0v) is 22.6. The van der Waals surface area contributed by atoms with Gasteiger partial charge in [-0.3, -0.25) is 13.9 Å². The zero-order valence-electron chi connectivity index (χ0n) is 21.7. The minimum absolute atomic E-state index is 0.00998. The number of carbonyl (C=O) groups excluding carboxylic acids is 2. The average molecular weight is 522 g/mol. The molecule has 0 saturated heterocycles. The van der Waals surface area contributed by atoms with Gasteiger partial charge in [-0.25, -0.2) is 12.8 Å². The van der Waals surface area contributed by atoms with E-state index in [0.29, 0.717) is 30.0 Å². The molecule has 198 valence electrons. The molecule has 2 aromatic carbocycles. The zero-order chi connectivity index (χ0) is 27.1. The van der Waals surface area contributed by atoms with Crippen LogP contribution >= 0.6 is 0 Å². The standard InChI is InChI=1S/C26H36FN3O5S/c1-7-23(25(32)28-26(3,4)5)29(17-19-9-11-20(27)12-10-19)24(31)18-30(36(6,33)34)21-13-15-22(16-14-21)35-8-2/h9-16,23H,7-8,17-18H2,1-6H3,(H,28,32). The molecule has 8 nitrogen and oxygen atoms in total. The molecule has 0 aliphatic heterocycles. The summed E-state index contributed by atoms with van der Waals surface area (Å²) in [5.74, 6) is -0.765. The molecule has 1 N–H and O–H groups in total. The fourth-order valence-corrected chi connectivity index (χ4v) is 4.50. The third-order valence-electron chi connectivity index (χ3n) is 5.27. The second-order valence-corrected chi connectivity index (χ2v) is 11.4. The summed E-state index contributed by atoms with van der Waals surface area (Å²) in [5, 5.41) is 2.90. The number of hydrogen-bond acceptors (Lipinski definition) is 5. The van der Waals surface area contributed by atoms with Crippen molar-refractivity contribution >= 4 is 27.5 Å². The van der Waals surface area contributed by atoms with E-state index in [2.05, 4.69) is 5.32 Å². The third kappa shape index (κ3) is 8.51. The van der Waals surface area contributed by atoms with Crippen LogP contribution in [0, 0.1) is 5.82 Å². The first kappa shape index (κ1) is 29.1. The molecule has 0 saturated carbocycles. The van der Waals surface area contributed by atoms with Crippen LogP contribution < -0.4 is 14.4 Å². The summed E-state index contributed by atoms with van der Waals surface area (Å²) < 4.78 is 45.2. The Morgan fingerprint density at radius 2 is 1.61 bits per heavy atom. The average Bonchev–Trinajstić information content (AvgIpc) is 2.77. The number of anilines is 1. The first-order chi connectivity index (χ1) is 16.7. The lowest BCUT2D eigenvalue weighted by atomic mass is 10.1. The van der Waals surface area contributed by atoms with Crippen molar-refractivity contribution in [3.05, 3.63) is 59.9 Å². The molecule has 2 amide bonds. The number of rotatable bonds is 11. The van der Waals surface area contributed by atoms with Crippen molar-refractivity contribution in [2.45, 2.75) is 59.2 Å². The van der Waals surface area contributed by atoms with E-state index in [4.69, 9.17) is 4.74 Å². The number of carbonyl (C=O) groups is 2. The number of ether oxygens (including phenoxy) is 1. The number of nitrogens with one attached hydrogen (secondary N) is 1. The van der Waals surface area contributed by atoms with E-state index >= 15 is 0 Å². The predicted octanol–water partition coefficient (Wildman–Crippen LogP) is 3.71. The molecule has 10 heteroatoms. The summed E-state index contributed by atoms with van der Waals surface area (Å²) in [6.07, 6.45) is 1.32. The first-order valence-electron chi connectivity index (χ1n) is 11.8. The van der Waals surface area contributed by atoms with Crippen LogP contribution in [-0.4, -0.2) is 56.1 Å². The fourth-order valence-electron chi connectivity index (χ4n) is 3.65. The van der Waals surface area contributed by atoms with E-state index in [0.717, 1.165) is 10.6 Å². The van der Waals surface area contributed by atoms with Crippen LogP contribution in [0.15, 0.2) is 48.5 Å². The lowest BCUT2D eigenvalue weighted by Crippen LogP contribution is -2.55. The van der Waals surface area contributed by atoms with E-state index in [9.17, 15) is 22.4 Å². The van der Waals surface area contributed by atoms with Gasteiger partial charge in [-0.2, -0.15) is 0 Å². The predicted molar refractivity (Wildman–Crippen MR) is 139 cm³/mol. The molecular weight excluding hydrogens is 485 g/mol. The Kier molecular flexibility index (Phi) is 9.86. The van der Waals surface area contributed by atoms with Crippen molar-refractivity contribution in [1.29, 1.82) is 0 Å². The molecule has 1 atom stereocenters. The third-order valence-corrected chi connectivity index (χ3v) is 6.41. The number of sulfonamides is 1. The summed E-state index contributed by atoms with van der Waals surface area (Å²) in [5.41, 5.74) is 0.373. The lowest BCUT2D eigenvalue weighted by Gasteiger charge is -2.34. The Morgan fingerprint density at radius 1 is 1.03 bits per heavy atom. The molecule has 0 spiro atoms. The Bertz CT molecular complexity index is 1130. The van der Waals surface area contributed by atoms with Gasteiger partial charge in [0.2, 0.25) is 21.8 Å². The van der Waals surface area contributed by atoms with Crippen LogP contribution in [0.25, 0.3) is 0 Å². The second kappa shape index (κ2) is 12.2. The number of amides is 2. The SMILES string of the molecule is CCOc1ccc(N(CC(=O)N(Cc2ccc(F)cc2)C(CC)C(=O)NC(C)(C)C)S(C)(=O)=O)cc1. The van der Waals surface area contributed by atoms with E-state index in [1.807, 2.05) is 27.7 Å². The highest BCUT2D eigenvalue weighted by Crippen LogP contribution is 2.23. The molecule has 2 rings (SSSR count). The molecule has 0 radical (unpaired) electrons. The van der Waals surface area contributed by atoms with Crippen molar-refractivity contribution in [3.8, 4) is 5.75 Å². The van der Waals surface area contributed by atoms with Gasteiger partial charge >= 0.3 is 0 Å². The van der Waals surface area contributed by atoms with Crippen LogP contribution in [0.3, 0.4) is 0 Å². The Morgan fingerprint density at radius 3 is 2.08 bits per heavy atom. The molecule has 0 aromatic heterocycles. The summed E-state index contributed by atoms with van der Waals surface area (Å²) >= 11 is 0. The molecule has 1 unspecified atom stereocenters. The Balaban J connectivity index is 2.42. The van der Waals surface area contributed by atoms with Crippen molar-refractivity contribution < 1.29 is 27.1 Å². The maximum absolute atomic E-state index is 13.6. The number of nitrogens with zero attached hydrogens (tertiary/aromatic N) is 2. The molecule has 0 bridgehead atoms. The smallest absolute Gasteiger partial charge is 0.244 e. The highest BCUT2D eigenvalue weighted by Gasteiger charge is 2.33. The van der Waals surface area contributed by atoms with Crippen molar-refractivity contribution in [3.63, 3.8) is 0 Å². The van der Waals surface area contributed by atoms with Crippen LogP contribution in [0.1, 0.15) is 46.6 Å². The van der Waals surface area contributed by atoms with Gasteiger partial charge in [-0.15, -0.1) is 0 Å². The number of halogens is 1. The topological polar surface area (TPSA) is 96.0 Å². The first-order valence-corrected chi connectivity index (χ1v) is 13.7. The van der Waals surface area contributed by atoms with Crippen LogP contribution in [0.4, 0.5) is 10.1 Å². The van der Waals surface area contributed by atoms with E-state index in [1.54, 1.807) is 31.2 Å². The summed E-state index contributed by atoms with van der Waals surface area (Å²) in [7, 11) is -3.84. The van der Waals surface area contributed by atoms with E-state index < -0.39 is 39.9 Å². The number of benzene rings is 2. The molecule has 0 aliphatic carbocycles. The highest BCUT2D eigenvalue weighted by molar-refractivity contribution is 7.92. The van der Waals surface area contributed by atoms with Crippen LogP contribution in [-0.2, 0) is 26.2 Å². The lowest BCUT2D eigenvalue weighted by molar-refractivity contribution is -0.141. The summed E-state index contributed by atoms with van der Waals surface area (Å²) in [6.45, 7) is 9.08. The molecule has 0 heterocycles. The normalized spacial score (nSPS) is 12.5. The second-order valence-electron chi connectivity index (χ2n) is 9.51. The maximum atomic E-state index is 13.6. The molecule has 36 heavy (non-hydrogen) atoms. The minimum atomic E-state index is -3.84. The van der Waals surface area contributed by atoms with Gasteiger partial charge in [0.25, 0.3) is 0 Å². The Labute approximate surface area is 213 Å². The van der Waals surface area contributed by atoms with Gasteiger partial charge in [0.05, 0.1) is 18.6 Å². The summed E-state index contributed by atoms with van der Waals surface area (Å²) in [6, 6.07) is 11.1. The van der Waals surface area contributed by atoms with E-state index in [1.165, 1.54) is 29.2 Å². The largest absolute Gasteiger partial charge is 0.494 e. The van der Waals surface area contributed by atoms with Crippen molar-refractivity contribution in [2.75, 3.05) is 23.7 Å². The molecule has 2 aromatic rings. The minimum Gasteiger partial charge on any atom is -0.494 e. The van der Waals surface area contributed by atoms with Gasteiger partial charge in [0.1, 0.15) is 24.2 Å². The van der Waals surface area contributed by atoms with Gasteiger partial charge in [0, 0.05) is 12.1 Å². The molecular formula is C26H36FN3O5S. The van der Waals surface area contributed by atoms with Gasteiger partial charge in [-0.05, 0) is 76.1 Å². The van der Waals surface area contributed by atoms with Crippen LogP contribution in [0.5, 0.6) is 5.75 Å². The monoisotopic (exact) mass is 521 g/mol. The van der Waals surface area contributed by atoms with Gasteiger partial charge in [0.15, 0.2) is 0 Å². The molecule has 0 fully saturated rings. The molecule has 0 aliphatic rings. The van der Waals surface area contributed by atoms with Gasteiger partial charge in [-0.1, -0.05) is 19.1 Å². The Hall–Kier alpha value is -3.14. The van der Waals surface area contributed by atoms with E-state index in [-0.39, 0.29) is 12.5 Å². The van der Waals surface area contributed by atoms with Crippen LogP contribution in [0.2, 0.25) is 0 Å². The van der Waals surface area contributed by atoms with Crippen molar-refractivity contribution in [1.82, 2.24) is 10.2 Å². The fraction of sp³-hybridized carbons (Fsp3) is 0.462. The number of hydrogen-bond donors (Lipinski definition) is 1. The summed E-state index contributed by atoms with van der Waals surface area (Å²) in [4.78, 5) is 28.1.